The first-order valence-corrected chi connectivity index (χ1v) is 4.90. The van der Waals surface area contributed by atoms with Crippen LogP contribution in [0.15, 0.2) is 18.2 Å². The fourth-order valence-electron chi connectivity index (χ4n) is 1.11. The Balaban J connectivity index is 2.63. The SMILES string of the molecule is COC(C)CNC(=O)c1ccc(F)c(N)c1. The second kappa shape index (κ2) is 5.46. The Morgan fingerprint density at radius 1 is 1.62 bits per heavy atom. The third-order valence-electron chi connectivity index (χ3n) is 2.21. The Morgan fingerprint density at radius 2 is 2.31 bits per heavy atom. The summed E-state index contributed by atoms with van der Waals surface area (Å²) in [7, 11) is 1.56. The Morgan fingerprint density at radius 3 is 2.88 bits per heavy atom. The quantitative estimate of drug-likeness (QED) is 0.757. The minimum atomic E-state index is -0.526. The number of hydrogen-bond donors (Lipinski definition) is 2. The molecule has 0 saturated carbocycles. The number of rotatable bonds is 4. The predicted octanol–water partition coefficient (Wildman–Crippen LogP) is 1.17. The van der Waals surface area contributed by atoms with Gasteiger partial charge in [-0.2, -0.15) is 0 Å². The van der Waals surface area contributed by atoms with Crippen LogP contribution in [-0.4, -0.2) is 25.7 Å². The van der Waals surface area contributed by atoms with Crippen molar-refractivity contribution in [2.75, 3.05) is 19.4 Å². The second-order valence-corrected chi connectivity index (χ2v) is 3.49. The minimum Gasteiger partial charge on any atom is -0.396 e. The maximum atomic E-state index is 12.9. The van der Waals surface area contributed by atoms with Crippen LogP contribution in [0.3, 0.4) is 0 Å². The molecule has 1 aromatic rings. The number of carbonyl (C=O) groups excluding carboxylic acids is 1. The molecule has 4 nitrogen and oxygen atoms in total. The summed E-state index contributed by atoms with van der Waals surface area (Å²) in [6.07, 6.45) is -0.0678. The number of methoxy groups -OCH3 is 1. The van der Waals surface area contributed by atoms with Gasteiger partial charge in [-0.15, -0.1) is 0 Å². The summed E-state index contributed by atoms with van der Waals surface area (Å²) < 4.78 is 17.8. The molecule has 0 spiro atoms. The van der Waals surface area contributed by atoms with Gasteiger partial charge in [0, 0.05) is 19.2 Å². The number of halogens is 1. The van der Waals surface area contributed by atoms with Crippen molar-refractivity contribution in [3.05, 3.63) is 29.6 Å². The molecule has 0 aromatic heterocycles. The lowest BCUT2D eigenvalue weighted by molar-refractivity contribution is 0.0870. The number of anilines is 1. The van der Waals surface area contributed by atoms with Crippen LogP contribution in [0, 0.1) is 5.82 Å². The lowest BCUT2D eigenvalue weighted by atomic mass is 10.2. The first-order chi connectivity index (χ1) is 7.54. The molecule has 1 rings (SSSR count). The Kier molecular flexibility index (Phi) is 4.25. The van der Waals surface area contributed by atoms with Crippen molar-refractivity contribution < 1.29 is 13.9 Å². The van der Waals surface area contributed by atoms with Crippen molar-refractivity contribution in [2.24, 2.45) is 0 Å². The first-order valence-electron chi connectivity index (χ1n) is 4.90. The number of carbonyl (C=O) groups is 1. The summed E-state index contributed by atoms with van der Waals surface area (Å²) in [4.78, 5) is 11.6. The average molecular weight is 226 g/mol. The van der Waals surface area contributed by atoms with E-state index < -0.39 is 5.82 Å². The van der Waals surface area contributed by atoms with Gasteiger partial charge in [0.25, 0.3) is 5.91 Å². The third kappa shape index (κ3) is 3.20. The van der Waals surface area contributed by atoms with E-state index in [0.29, 0.717) is 12.1 Å². The van der Waals surface area contributed by atoms with E-state index >= 15 is 0 Å². The predicted molar refractivity (Wildman–Crippen MR) is 59.6 cm³/mol. The molecule has 3 N–H and O–H groups in total. The van der Waals surface area contributed by atoms with Crippen molar-refractivity contribution in [3.63, 3.8) is 0 Å². The molecule has 1 unspecified atom stereocenters. The van der Waals surface area contributed by atoms with Crippen molar-refractivity contribution in [1.82, 2.24) is 5.32 Å². The van der Waals surface area contributed by atoms with E-state index in [1.165, 1.54) is 18.2 Å². The van der Waals surface area contributed by atoms with Crippen LogP contribution >= 0.6 is 0 Å². The summed E-state index contributed by atoms with van der Waals surface area (Å²) >= 11 is 0. The first kappa shape index (κ1) is 12.4. The Hall–Kier alpha value is -1.62. The van der Waals surface area contributed by atoms with Gasteiger partial charge in [-0.05, 0) is 25.1 Å². The van der Waals surface area contributed by atoms with E-state index in [2.05, 4.69) is 5.32 Å². The zero-order valence-electron chi connectivity index (χ0n) is 9.29. The molecule has 0 heterocycles. The monoisotopic (exact) mass is 226 g/mol. The Bertz CT molecular complexity index is 382. The maximum absolute atomic E-state index is 12.9. The molecule has 16 heavy (non-hydrogen) atoms. The van der Waals surface area contributed by atoms with Gasteiger partial charge in [0.05, 0.1) is 11.8 Å². The van der Waals surface area contributed by atoms with E-state index in [1.54, 1.807) is 7.11 Å². The minimum absolute atomic E-state index is 0.0348. The van der Waals surface area contributed by atoms with Gasteiger partial charge in [0.15, 0.2) is 0 Å². The summed E-state index contributed by atoms with van der Waals surface area (Å²) in [5, 5.41) is 2.65. The molecule has 0 bridgehead atoms. The number of ether oxygens (including phenoxy) is 1. The van der Waals surface area contributed by atoms with E-state index in [1.807, 2.05) is 6.92 Å². The van der Waals surface area contributed by atoms with Gasteiger partial charge in [-0.3, -0.25) is 4.79 Å². The van der Waals surface area contributed by atoms with Crippen LogP contribution in [0.2, 0.25) is 0 Å². The molecule has 5 heteroatoms. The highest BCUT2D eigenvalue weighted by Gasteiger charge is 2.09. The van der Waals surface area contributed by atoms with Crippen LogP contribution < -0.4 is 11.1 Å². The number of nitrogen functional groups attached to an aromatic ring is 1. The number of nitrogens with two attached hydrogens (primary N) is 1. The second-order valence-electron chi connectivity index (χ2n) is 3.49. The Labute approximate surface area is 93.6 Å². The standard InChI is InChI=1S/C11H15FN2O2/c1-7(16-2)6-14-11(15)8-3-4-9(12)10(13)5-8/h3-5,7H,6,13H2,1-2H3,(H,14,15). The molecule has 0 aliphatic carbocycles. The topological polar surface area (TPSA) is 64.3 Å². The van der Waals surface area contributed by atoms with E-state index in [9.17, 15) is 9.18 Å². The molecule has 1 atom stereocenters. The third-order valence-corrected chi connectivity index (χ3v) is 2.21. The molecule has 0 fully saturated rings. The molecular weight excluding hydrogens is 211 g/mol. The largest absolute Gasteiger partial charge is 0.396 e. The lowest BCUT2D eigenvalue weighted by Crippen LogP contribution is -2.31. The zero-order chi connectivity index (χ0) is 12.1. The van der Waals surface area contributed by atoms with Crippen molar-refractivity contribution in [1.29, 1.82) is 0 Å². The average Bonchev–Trinajstić information content (AvgIpc) is 2.29. The molecule has 1 amide bonds. The highest BCUT2D eigenvalue weighted by atomic mass is 19.1. The van der Waals surface area contributed by atoms with Crippen LogP contribution in [0.5, 0.6) is 0 Å². The van der Waals surface area contributed by atoms with E-state index in [0.717, 1.165) is 0 Å². The van der Waals surface area contributed by atoms with Gasteiger partial charge in [-0.25, -0.2) is 4.39 Å². The molecule has 88 valence electrons. The van der Waals surface area contributed by atoms with Gasteiger partial charge in [0.2, 0.25) is 0 Å². The fourth-order valence-corrected chi connectivity index (χ4v) is 1.11. The number of amides is 1. The zero-order valence-corrected chi connectivity index (χ0v) is 9.29. The van der Waals surface area contributed by atoms with Gasteiger partial charge in [-0.1, -0.05) is 0 Å². The van der Waals surface area contributed by atoms with E-state index in [-0.39, 0.29) is 17.7 Å². The summed E-state index contributed by atoms with van der Waals surface area (Å²) in [5.41, 5.74) is 5.66. The highest BCUT2D eigenvalue weighted by Crippen LogP contribution is 2.11. The van der Waals surface area contributed by atoms with Gasteiger partial charge < -0.3 is 15.8 Å². The molecule has 0 aliphatic rings. The van der Waals surface area contributed by atoms with Crippen molar-refractivity contribution >= 4 is 11.6 Å². The highest BCUT2D eigenvalue weighted by molar-refractivity contribution is 5.95. The molecule has 1 aromatic carbocycles. The summed E-state index contributed by atoms with van der Waals surface area (Å²) in [6, 6.07) is 3.87. The summed E-state index contributed by atoms with van der Waals surface area (Å²) in [5.74, 6) is -0.822. The van der Waals surface area contributed by atoms with Gasteiger partial charge >= 0.3 is 0 Å². The fraction of sp³-hybridized carbons (Fsp3) is 0.364. The van der Waals surface area contributed by atoms with E-state index in [4.69, 9.17) is 10.5 Å². The van der Waals surface area contributed by atoms with Crippen LogP contribution in [0.1, 0.15) is 17.3 Å². The summed E-state index contributed by atoms with van der Waals surface area (Å²) in [6.45, 7) is 2.23. The molecule has 0 radical (unpaired) electrons. The number of nitrogens with one attached hydrogen (secondary N) is 1. The molecule has 0 saturated heterocycles. The van der Waals surface area contributed by atoms with Crippen molar-refractivity contribution in [2.45, 2.75) is 13.0 Å². The van der Waals surface area contributed by atoms with Crippen LogP contribution in [-0.2, 0) is 4.74 Å². The van der Waals surface area contributed by atoms with Gasteiger partial charge in [0.1, 0.15) is 5.82 Å². The smallest absolute Gasteiger partial charge is 0.251 e. The number of hydrogen-bond acceptors (Lipinski definition) is 3. The molecule has 0 aliphatic heterocycles. The lowest BCUT2D eigenvalue weighted by Gasteiger charge is -2.11. The normalized spacial score (nSPS) is 12.2. The molecular formula is C11H15FN2O2. The van der Waals surface area contributed by atoms with Crippen LogP contribution in [0.4, 0.5) is 10.1 Å². The number of benzene rings is 1. The van der Waals surface area contributed by atoms with Crippen molar-refractivity contribution in [3.8, 4) is 0 Å². The van der Waals surface area contributed by atoms with Crippen LogP contribution in [0.25, 0.3) is 0 Å². The maximum Gasteiger partial charge on any atom is 0.251 e.